The van der Waals surface area contributed by atoms with E-state index in [1.165, 1.54) is 11.1 Å². The smallest absolute Gasteiger partial charge is 0.222 e. The molecule has 1 saturated heterocycles. The molecule has 1 fully saturated rings. The second kappa shape index (κ2) is 13.1. The number of carbonyl (C=O) groups excluding carboxylic acids is 1. The van der Waals surface area contributed by atoms with E-state index in [-0.39, 0.29) is 29.9 Å². The van der Waals surface area contributed by atoms with Gasteiger partial charge in [-0.05, 0) is 36.1 Å². The average Bonchev–Trinajstić information content (AvgIpc) is 3.16. The summed E-state index contributed by atoms with van der Waals surface area (Å²) in [5.41, 5.74) is 2.37. The van der Waals surface area contributed by atoms with Gasteiger partial charge in [-0.15, -0.1) is 24.0 Å². The summed E-state index contributed by atoms with van der Waals surface area (Å²) in [4.78, 5) is 18.2. The van der Waals surface area contributed by atoms with Crippen LogP contribution in [0, 0.1) is 0 Å². The number of nitrogens with zero attached hydrogens (tertiary/aromatic N) is 2. The van der Waals surface area contributed by atoms with Crippen LogP contribution in [0.25, 0.3) is 0 Å². The molecular formula is C23H31IN4O2. The lowest BCUT2D eigenvalue weighted by atomic mass is 10.1. The summed E-state index contributed by atoms with van der Waals surface area (Å²) in [6, 6.07) is 18.1. The number of hydrogen-bond donors (Lipinski definition) is 2. The minimum absolute atomic E-state index is 0. The Morgan fingerprint density at radius 1 is 1.07 bits per heavy atom. The van der Waals surface area contributed by atoms with Crippen molar-refractivity contribution in [3.8, 4) is 5.75 Å². The molecular weight excluding hydrogens is 491 g/mol. The number of guanidine groups is 1. The van der Waals surface area contributed by atoms with Gasteiger partial charge in [-0.1, -0.05) is 42.5 Å². The molecule has 0 aliphatic carbocycles. The summed E-state index contributed by atoms with van der Waals surface area (Å²) in [6.45, 7) is 3.63. The van der Waals surface area contributed by atoms with Gasteiger partial charge >= 0.3 is 0 Å². The molecule has 2 aromatic carbocycles. The van der Waals surface area contributed by atoms with E-state index in [9.17, 15) is 4.79 Å². The van der Waals surface area contributed by atoms with Gasteiger partial charge < -0.3 is 20.3 Å². The number of likely N-dealkylation sites (tertiary alicyclic amines) is 1. The summed E-state index contributed by atoms with van der Waals surface area (Å²) in [5.74, 6) is 1.91. The number of carbonyl (C=O) groups is 1. The van der Waals surface area contributed by atoms with Gasteiger partial charge in [-0.3, -0.25) is 9.79 Å². The van der Waals surface area contributed by atoms with Crippen LogP contribution >= 0.6 is 24.0 Å². The molecule has 2 N–H and O–H groups in total. The maximum atomic E-state index is 11.9. The lowest BCUT2D eigenvalue weighted by Crippen LogP contribution is -2.38. The van der Waals surface area contributed by atoms with Crippen LogP contribution in [0.5, 0.6) is 5.75 Å². The number of aliphatic imine (C=N–C) groups is 1. The molecule has 1 aliphatic rings. The van der Waals surface area contributed by atoms with E-state index in [1.807, 2.05) is 47.4 Å². The second-order valence-corrected chi connectivity index (χ2v) is 7.06. The third-order valence-electron chi connectivity index (χ3n) is 4.95. The van der Waals surface area contributed by atoms with Crippen molar-refractivity contribution in [1.29, 1.82) is 0 Å². The van der Waals surface area contributed by atoms with Crippen molar-refractivity contribution in [1.82, 2.24) is 15.5 Å². The summed E-state index contributed by atoms with van der Waals surface area (Å²) in [5, 5.41) is 6.69. The van der Waals surface area contributed by atoms with Crippen molar-refractivity contribution in [2.75, 3.05) is 26.7 Å². The van der Waals surface area contributed by atoms with Crippen LogP contribution < -0.4 is 15.4 Å². The first-order chi connectivity index (χ1) is 14.3. The van der Waals surface area contributed by atoms with Gasteiger partial charge in [0.15, 0.2) is 5.96 Å². The van der Waals surface area contributed by atoms with Gasteiger partial charge in [-0.25, -0.2) is 0 Å². The number of halogens is 1. The zero-order chi connectivity index (χ0) is 20.3. The summed E-state index contributed by atoms with van der Waals surface area (Å²) < 4.78 is 5.71. The molecule has 30 heavy (non-hydrogen) atoms. The van der Waals surface area contributed by atoms with Crippen LogP contribution in [0.15, 0.2) is 59.6 Å². The standard InChI is InChI=1S/C23H30N4O2.HI/c1-24-23(25-14-8-16-29-21-11-3-2-4-12-21)26-17-19-9-5-6-10-20(19)18-27-15-7-13-22(27)28;/h2-6,9-12H,7-8,13-18H2,1H3,(H2,24,25,26);1H. The van der Waals surface area contributed by atoms with E-state index >= 15 is 0 Å². The quantitative estimate of drug-likeness (QED) is 0.229. The number of ether oxygens (including phenoxy) is 1. The van der Waals surface area contributed by atoms with Gasteiger partial charge in [-0.2, -0.15) is 0 Å². The second-order valence-electron chi connectivity index (χ2n) is 7.06. The Morgan fingerprint density at radius 2 is 1.80 bits per heavy atom. The molecule has 1 aliphatic heterocycles. The van der Waals surface area contributed by atoms with Gasteiger partial charge in [0.2, 0.25) is 5.91 Å². The highest BCUT2D eigenvalue weighted by atomic mass is 127. The number of rotatable bonds is 9. The van der Waals surface area contributed by atoms with Crippen molar-refractivity contribution in [2.45, 2.75) is 32.4 Å². The highest BCUT2D eigenvalue weighted by molar-refractivity contribution is 14.0. The SMILES string of the molecule is CN=C(NCCCOc1ccccc1)NCc1ccccc1CN1CCCC1=O.I. The predicted octanol–water partition coefficient (Wildman–Crippen LogP) is 3.56. The van der Waals surface area contributed by atoms with Crippen molar-refractivity contribution >= 4 is 35.8 Å². The van der Waals surface area contributed by atoms with E-state index in [0.29, 0.717) is 26.1 Å². The monoisotopic (exact) mass is 522 g/mol. The van der Waals surface area contributed by atoms with E-state index in [2.05, 4.69) is 27.8 Å². The lowest BCUT2D eigenvalue weighted by molar-refractivity contribution is -0.128. The Kier molecular flexibility index (Phi) is 10.5. The van der Waals surface area contributed by atoms with Crippen molar-refractivity contribution in [3.63, 3.8) is 0 Å². The molecule has 0 radical (unpaired) electrons. The third-order valence-corrected chi connectivity index (χ3v) is 4.95. The fourth-order valence-corrected chi connectivity index (χ4v) is 3.35. The van der Waals surface area contributed by atoms with Crippen LogP contribution in [0.2, 0.25) is 0 Å². The van der Waals surface area contributed by atoms with Crippen LogP contribution in [0.1, 0.15) is 30.4 Å². The Labute approximate surface area is 196 Å². The molecule has 0 spiro atoms. The highest BCUT2D eigenvalue weighted by Gasteiger charge is 2.20. The minimum atomic E-state index is 0. The van der Waals surface area contributed by atoms with Crippen molar-refractivity contribution in [3.05, 3.63) is 65.7 Å². The molecule has 0 unspecified atom stereocenters. The fourth-order valence-electron chi connectivity index (χ4n) is 3.35. The van der Waals surface area contributed by atoms with Crippen LogP contribution in [-0.4, -0.2) is 43.5 Å². The first-order valence-corrected chi connectivity index (χ1v) is 10.2. The van der Waals surface area contributed by atoms with E-state index in [1.54, 1.807) is 7.05 Å². The molecule has 0 atom stereocenters. The number of nitrogens with one attached hydrogen (secondary N) is 2. The van der Waals surface area contributed by atoms with Crippen molar-refractivity contribution in [2.24, 2.45) is 4.99 Å². The van der Waals surface area contributed by atoms with Gasteiger partial charge in [0.1, 0.15) is 5.75 Å². The van der Waals surface area contributed by atoms with Gasteiger partial charge in [0.25, 0.3) is 0 Å². The van der Waals surface area contributed by atoms with Gasteiger partial charge in [0.05, 0.1) is 6.61 Å². The molecule has 7 heteroatoms. The Hall–Kier alpha value is -2.29. The number of benzene rings is 2. The summed E-state index contributed by atoms with van der Waals surface area (Å²) >= 11 is 0. The van der Waals surface area contributed by atoms with E-state index < -0.39 is 0 Å². The minimum Gasteiger partial charge on any atom is -0.494 e. The lowest BCUT2D eigenvalue weighted by Gasteiger charge is -2.19. The van der Waals surface area contributed by atoms with E-state index in [0.717, 1.165) is 37.6 Å². The number of para-hydroxylation sites is 1. The molecule has 1 amide bonds. The molecule has 1 heterocycles. The first-order valence-electron chi connectivity index (χ1n) is 10.2. The predicted molar refractivity (Wildman–Crippen MR) is 131 cm³/mol. The zero-order valence-corrected chi connectivity index (χ0v) is 19.8. The average molecular weight is 522 g/mol. The maximum absolute atomic E-state index is 11.9. The van der Waals surface area contributed by atoms with Crippen LogP contribution in [-0.2, 0) is 17.9 Å². The zero-order valence-electron chi connectivity index (χ0n) is 17.5. The number of hydrogen-bond acceptors (Lipinski definition) is 3. The van der Waals surface area contributed by atoms with Crippen LogP contribution in [0.4, 0.5) is 0 Å². The molecule has 3 rings (SSSR count). The largest absolute Gasteiger partial charge is 0.494 e. The molecule has 0 saturated carbocycles. The Morgan fingerprint density at radius 3 is 2.50 bits per heavy atom. The number of amides is 1. The molecule has 0 bridgehead atoms. The van der Waals surface area contributed by atoms with Crippen LogP contribution in [0.3, 0.4) is 0 Å². The molecule has 0 aromatic heterocycles. The molecule has 6 nitrogen and oxygen atoms in total. The van der Waals surface area contributed by atoms with Crippen molar-refractivity contribution < 1.29 is 9.53 Å². The first kappa shape index (κ1) is 24.0. The summed E-state index contributed by atoms with van der Waals surface area (Å²) in [6.07, 6.45) is 2.51. The van der Waals surface area contributed by atoms with Gasteiger partial charge in [0, 0.05) is 39.6 Å². The van der Waals surface area contributed by atoms with E-state index in [4.69, 9.17) is 4.74 Å². The fraction of sp³-hybridized carbons (Fsp3) is 0.391. The normalized spacial score (nSPS) is 13.7. The molecule has 162 valence electrons. The Bertz CT molecular complexity index is 814. The maximum Gasteiger partial charge on any atom is 0.222 e. The third kappa shape index (κ3) is 7.51. The molecule has 2 aromatic rings. The summed E-state index contributed by atoms with van der Waals surface area (Å²) in [7, 11) is 1.77. The Balaban J connectivity index is 0.00000320. The highest BCUT2D eigenvalue weighted by Crippen LogP contribution is 2.17. The topological polar surface area (TPSA) is 66.0 Å².